The van der Waals surface area contributed by atoms with Gasteiger partial charge in [0.1, 0.15) is 11.1 Å². The van der Waals surface area contributed by atoms with Crippen LogP contribution in [0.2, 0.25) is 0 Å². The molecule has 0 saturated carbocycles. The SMILES string of the molecule is CC.Cc1ccc2oc(=O)c(C(=O)O)cc2c1. The van der Waals surface area contributed by atoms with Gasteiger partial charge in [-0.1, -0.05) is 25.5 Å². The van der Waals surface area contributed by atoms with Crippen molar-refractivity contribution in [1.29, 1.82) is 0 Å². The molecule has 0 fully saturated rings. The quantitative estimate of drug-likeness (QED) is 0.770. The Morgan fingerprint density at radius 2 is 1.88 bits per heavy atom. The second kappa shape index (κ2) is 5.30. The molecule has 0 spiro atoms. The highest BCUT2D eigenvalue weighted by molar-refractivity contribution is 5.91. The largest absolute Gasteiger partial charge is 0.477 e. The Kier molecular flexibility index (Phi) is 4.04. The second-order valence-corrected chi connectivity index (χ2v) is 3.29. The molecular weight excluding hydrogens is 220 g/mol. The van der Waals surface area contributed by atoms with Gasteiger partial charge in [-0.25, -0.2) is 9.59 Å². The molecule has 4 heteroatoms. The number of carbonyl (C=O) groups is 1. The van der Waals surface area contributed by atoms with Gasteiger partial charge in [-0.3, -0.25) is 0 Å². The summed E-state index contributed by atoms with van der Waals surface area (Å²) < 4.78 is 4.87. The van der Waals surface area contributed by atoms with Gasteiger partial charge in [0.15, 0.2) is 0 Å². The number of aromatic carboxylic acids is 1. The topological polar surface area (TPSA) is 67.5 Å². The first kappa shape index (κ1) is 13.0. The molecule has 0 atom stereocenters. The fourth-order valence-electron chi connectivity index (χ4n) is 1.39. The monoisotopic (exact) mass is 234 g/mol. The van der Waals surface area contributed by atoms with Crippen LogP contribution in [0.15, 0.2) is 33.5 Å². The van der Waals surface area contributed by atoms with E-state index in [0.717, 1.165) is 5.56 Å². The fourth-order valence-corrected chi connectivity index (χ4v) is 1.39. The molecule has 1 aromatic heterocycles. The van der Waals surface area contributed by atoms with Crippen molar-refractivity contribution < 1.29 is 14.3 Å². The number of hydrogen-bond donors (Lipinski definition) is 1. The molecule has 17 heavy (non-hydrogen) atoms. The lowest BCUT2D eigenvalue weighted by Gasteiger charge is -1.99. The highest BCUT2D eigenvalue weighted by atomic mass is 16.4. The van der Waals surface area contributed by atoms with Crippen LogP contribution < -0.4 is 5.63 Å². The zero-order valence-corrected chi connectivity index (χ0v) is 9.98. The van der Waals surface area contributed by atoms with E-state index in [2.05, 4.69) is 0 Å². The van der Waals surface area contributed by atoms with E-state index in [1.807, 2.05) is 20.8 Å². The number of rotatable bonds is 1. The summed E-state index contributed by atoms with van der Waals surface area (Å²) in [6.07, 6.45) is 0. The standard InChI is InChI=1S/C11H8O4.C2H6/c1-6-2-3-9-7(4-6)5-8(10(12)13)11(14)15-9;1-2/h2-5H,1H3,(H,12,13);1-2H3. The molecule has 0 unspecified atom stereocenters. The third-order valence-corrected chi connectivity index (χ3v) is 2.12. The van der Waals surface area contributed by atoms with Crippen LogP contribution in [-0.2, 0) is 0 Å². The third-order valence-electron chi connectivity index (χ3n) is 2.12. The summed E-state index contributed by atoms with van der Waals surface area (Å²) in [7, 11) is 0. The van der Waals surface area contributed by atoms with Crippen LogP contribution in [0, 0.1) is 6.92 Å². The molecule has 2 rings (SSSR count). The summed E-state index contributed by atoms with van der Waals surface area (Å²) in [5.41, 5.74) is 0.218. The Morgan fingerprint density at radius 3 is 2.47 bits per heavy atom. The number of benzene rings is 1. The third kappa shape index (κ3) is 2.72. The molecule has 4 nitrogen and oxygen atoms in total. The van der Waals surface area contributed by atoms with Crippen molar-refractivity contribution in [2.45, 2.75) is 20.8 Å². The van der Waals surface area contributed by atoms with E-state index in [9.17, 15) is 9.59 Å². The van der Waals surface area contributed by atoms with E-state index < -0.39 is 11.6 Å². The van der Waals surface area contributed by atoms with E-state index in [1.54, 1.807) is 18.2 Å². The molecule has 90 valence electrons. The predicted molar refractivity (Wildman–Crippen MR) is 65.5 cm³/mol. The summed E-state index contributed by atoms with van der Waals surface area (Å²) in [5.74, 6) is -1.27. The van der Waals surface area contributed by atoms with Crippen molar-refractivity contribution in [3.63, 3.8) is 0 Å². The molecule has 1 N–H and O–H groups in total. The lowest BCUT2D eigenvalue weighted by Crippen LogP contribution is -2.12. The summed E-state index contributed by atoms with van der Waals surface area (Å²) in [6, 6.07) is 6.55. The van der Waals surface area contributed by atoms with Gasteiger partial charge in [0, 0.05) is 5.39 Å². The lowest BCUT2D eigenvalue weighted by atomic mass is 10.1. The normalized spacial score (nSPS) is 9.59. The average molecular weight is 234 g/mol. The molecule has 0 aliphatic rings. The van der Waals surface area contributed by atoms with Gasteiger partial charge >= 0.3 is 11.6 Å². The Balaban J connectivity index is 0.000000686. The molecule has 0 bridgehead atoms. The van der Waals surface area contributed by atoms with Crippen LogP contribution in [0.1, 0.15) is 29.8 Å². The molecule has 2 aromatic rings. The van der Waals surface area contributed by atoms with Gasteiger partial charge in [-0.05, 0) is 25.1 Å². The molecule has 0 amide bonds. The van der Waals surface area contributed by atoms with Crippen molar-refractivity contribution in [2.75, 3.05) is 0 Å². The van der Waals surface area contributed by atoms with Crippen LogP contribution in [-0.4, -0.2) is 11.1 Å². The molecule has 0 aliphatic heterocycles. The second-order valence-electron chi connectivity index (χ2n) is 3.29. The van der Waals surface area contributed by atoms with Gasteiger partial charge in [-0.15, -0.1) is 0 Å². The van der Waals surface area contributed by atoms with Crippen LogP contribution in [0.4, 0.5) is 0 Å². The van der Waals surface area contributed by atoms with Crippen molar-refractivity contribution >= 4 is 16.9 Å². The van der Waals surface area contributed by atoms with Crippen LogP contribution >= 0.6 is 0 Å². The zero-order valence-electron chi connectivity index (χ0n) is 9.98. The maximum atomic E-state index is 11.2. The summed E-state index contributed by atoms with van der Waals surface area (Å²) in [4.78, 5) is 21.9. The van der Waals surface area contributed by atoms with Crippen molar-refractivity contribution in [2.24, 2.45) is 0 Å². The first-order chi connectivity index (χ1) is 8.08. The molecule has 0 saturated heterocycles. The summed E-state index contributed by atoms with van der Waals surface area (Å²) in [6.45, 7) is 5.88. The van der Waals surface area contributed by atoms with Crippen LogP contribution in [0.3, 0.4) is 0 Å². The van der Waals surface area contributed by atoms with Gasteiger partial charge < -0.3 is 9.52 Å². The Labute approximate surface area is 98.5 Å². The highest BCUT2D eigenvalue weighted by Gasteiger charge is 2.11. The van der Waals surface area contributed by atoms with Gasteiger partial charge in [0.25, 0.3) is 0 Å². The molecule has 1 heterocycles. The number of aryl methyl sites for hydroxylation is 1. The van der Waals surface area contributed by atoms with E-state index in [1.165, 1.54) is 6.07 Å². The molecule has 0 radical (unpaired) electrons. The average Bonchev–Trinajstić information content (AvgIpc) is 2.31. The van der Waals surface area contributed by atoms with Crippen LogP contribution in [0.5, 0.6) is 0 Å². The smallest absolute Gasteiger partial charge is 0.351 e. The fraction of sp³-hybridized carbons (Fsp3) is 0.231. The molecule has 0 aliphatic carbocycles. The number of fused-ring (bicyclic) bond motifs is 1. The lowest BCUT2D eigenvalue weighted by molar-refractivity contribution is 0.0692. The molecular formula is C13H14O4. The van der Waals surface area contributed by atoms with Crippen molar-refractivity contribution in [3.8, 4) is 0 Å². The first-order valence-electron chi connectivity index (χ1n) is 5.36. The first-order valence-corrected chi connectivity index (χ1v) is 5.36. The van der Waals surface area contributed by atoms with Crippen molar-refractivity contribution in [1.82, 2.24) is 0 Å². The molecule has 1 aromatic carbocycles. The predicted octanol–water partition coefficient (Wildman–Crippen LogP) is 2.83. The minimum atomic E-state index is -1.27. The minimum Gasteiger partial charge on any atom is -0.477 e. The van der Waals surface area contributed by atoms with Gasteiger partial charge in [0.2, 0.25) is 0 Å². The van der Waals surface area contributed by atoms with E-state index in [4.69, 9.17) is 9.52 Å². The number of carboxylic acids is 1. The minimum absolute atomic E-state index is 0.340. The number of carboxylic acid groups (broad SMARTS) is 1. The summed E-state index contributed by atoms with van der Waals surface area (Å²) >= 11 is 0. The zero-order chi connectivity index (χ0) is 13.0. The highest BCUT2D eigenvalue weighted by Crippen LogP contribution is 2.15. The Morgan fingerprint density at radius 1 is 1.24 bits per heavy atom. The Hall–Kier alpha value is -2.10. The Bertz CT molecular complexity index is 596. The maximum absolute atomic E-state index is 11.2. The van der Waals surface area contributed by atoms with E-state index >= 15 is 0 Å². The van der Waals surface area contributed by atoms with Gasteiger partial charge in [-0.2, -0.15) is 0 Å². The van der Waals surface area contributed by atoms with Crippen molar-refractivity contribution in [3.05, 3.63) is 45.8 Å². The van der Waals surface area contributed by atoms with Crippen LogP contribution in [0.25, 0.3) is 11.0 Å². The number of hydrogen-bond acceptors (Lipinski definition) is 3. The maximum Gasteiger partial charge on any atom is 0.351 e. The van der Waals surface area contributed by atoms with E-state index in [-0.39, 0.29) is 5.56 Å². The summed E-state index contributed by atoms with van der Waals surface area (Å²) in [5, 5.41) is 9.35. The van der Waals surface area contributed by atoms with Gasteiger partial charge in [0.05, 0.1) is 0 Å². The van der Waals surface area contributed by atoms with E-state index in [0.29, 0.717) is 11.0 Å².